The van der Waals surface area contributed by atoms with Crippen LogP contribution in [0.25, 0.3) is 0 Å². The summed E-state index contributed by atoms with van der Waals surface area (Å²) < 4.78 is 1.14. The van der Waals surface area contributed by atoms with Crippen molar-refractivity contribution < 1.29 is 9.90 Å². The van der Waals surface area contributed by atoms with Crippen LogP contribution in [0.5, 0.6) is 5.75 Å². The van der Waals surface area contributed by atoms with E-state index in [1.807, 2.05) is 0 Å². The molecular weight excluding hydrogens is 314 g/mol. The maximum atomic E-state index is 10.2. The third kappa shape index (κ3) is 2.80. The molecule has 0 aliphatic rings. The molecule has 0 fully saturated rings. The fourth-order valence-electron chi connectivity index (χ4n) is 1.03. The molecule has 1 unspecified atom stereocenters. The van der Waals surface area contributed by atoms with Crippen molar-refractivity contribution in [1.82, 2.24) is 0 Å². The molecule has 0 aromatic heterocycles. The Morgan fingerprint density at radius 3 is 2.36 bits per heavy atom. The van der Waals surface area contributed by atoms with Crippen molar-refractivity contribution in [3.63, 3.8) is 0 Å². The van der Waals surface area contributed by atoms with Crippen molar-refractivity contribution >= 4 is 38.1 Å². The van der Waals surface area contributed by atoms with E-state index < -0.39 is 6.04 Å². The Balaban J connectivity index is 2.95. The minimum atomic E-state index is -0.627. The number of rotatable bonds is 3. The van der Waals surface area contributed by atoms with Crippen LogP contribution in [-0.2, 0) is 11.2 Å². The van der Waals surface area contributed by atoms with Crippen LogP contribution in [0.2, 0.25) is 0 Å². The third-order valence-corrected chi connectivity index (χ3v) is 2.89. The highest BCUT2D eigenvalue weighted by Crippen LogP contribution is 2.33. The van der Waals surface area contributed by atoms with Crippen molar-refractivity contribution in [3.8, 4) is 5.75 Å². The van der Waals surface area contributed by atoms with Crippen molar-refractivity contribution in [2.45, 2.75) is 12.5 Å². The third-order valence-electron chi connectivity index (χ3n) is 1.68. The molecule has 1 aromatic carbocycles. The molecular formula is C9H8Br2NO2. The molecule has 1 rings (SSSR count). The molecule has 1 atom stereocenters. The number of hydrogen-bond acceptors (Lipinski definition) is 3. The van der Waals surface area contributed by atoms with Crippen molar-refractivity contribution in [2.75, 3.05) is 0 Å². The van der Waals surface area contributed by atoms with Crippen LogP contribution in [0, 0.1) is 0 Å². The van der Waals surface area contributed by atoms with E-state index in [-0.39, 0.29) is 5.75 Å². The van der Waals surface area contributed by atoms with Crippen LogP contribution in [0.1, 0.15) is 5.56 Å². The van der Waals surface area contributed by atoms with Crippen LogP contribution < -0.4 is 5.73 Å². The number of aromatic hydroxyl groups is 1. The SMILES string of the molecule is NC([C]=O)Cc1cc(Br)c(O)c(Br)c1. The van der Waals surface area contributed by atoms with Gasteiger partial charge in [-0.15, -0.1) is 0 Å². The zero-order chi connectivity index (χ0) is 10.7. The molecule has 1 aromatic rings. The van der Waals surface area contributed by atoms with Gasteiger partial charge in [0.1, 0.15) is 5.75 Å². The minimum absolute atomic E-state index is 0.136. The summed E-state index contributed by atoms with van der Waals surface area (Å²) in [6, 6.07) is 2.81. The maximum absolute atomic E-state index is 10.2. The van der Waals surface area contributed by atoms with Crippen LogP contribution >= 0.6 is 31.9 Å². The summed E-state index contributed by atoms with van der Waals surface area (Å²) in [5.74, 6) is 0.136. The summed E-state index contributed by atoms with van der Waals surface area (Å²) >= 11 is 6.38. The van der Waals surface area contributed by atoms with E-state index in [9.17, 15) is 9.90 Å². The first-order chi connectivity index (χ1) is 6.54. The molecule has 3 nitrogen and oxygen atoms in total. The second kappa shape index (κ2) is 4.91. The highest BCUT2D eigenvalue weighted by molar-refractivity contribution is 9.11. The van der Waals surface area contributed by atoms with Gasteiger partial charge in [0.2, 0.25) is 6.29 Å². The average molecular weight is 322 g/mol. The maximum Gasteiger partial charge on any atom is 0.217 e. The van der Waals surface area contributed by atoms with E-state index in [0.29, 0.717) is 15.4 Å². The van der Waals surface area contributed by atoms with E-state index >= 15 is 0 Å². The van der Waals surface area contributed by atoms with Gasteiger partial charge in [-0.1, -0.05) is 0 Å². The lowest BCUT2D eigenvalue weighted by Crippen LogP contribution is -2.23. The first-order valence-electron chi connectivity index (χ1n) is 3.84. The molecule has 3 N–H and O–H groups in total. The fourth-order valence-corrected chi connectivity index (χ4v) is 2.31. The lowest BCUT2D eigenvalue weighted by Gasteiger charge is -2.07. The zero-order valence-corrected chi connectivity index (χ0v) is 10.3. The molecule has 0 spiro atoms. The minimum Gasteiger partial charge on any atom is -0.506 e. The van der Waals surface area contributed by atoms with Crippen molar-refractivity contribution in [3.05, 3.63) is 26.6 Å². The lowest BCUT2D eigenvalue weighted by atomic mass is 10.1. The highest BCUT2D eigenvalue weighted by atomic mass is 79.9. The topological polar surface area (TPSA) is 63.3 Å². The zero-order valence-electron chi connectivity index (χ0n) is 7.13. The molecule has 0 amide bonds. The molecule has 75 valence electrons. The molecule has 0 saturated heterocycles. The molecule has 5 heteroatoms. The van der Waals surface area contributed by atoms with Crippen molar-refractivity contribution in [1.29, 1.82) is 0 Å². The molecule has 0 aliphatic carbocycles. The van der Waals surface area contributed by atoms with Crippen LogP contribution in [0.3, 0.4) is 0 Å². The largest absolute Gasteiger partial charge is 0.506 e. The number of halogens is 2. The average Bonchev–Trinajstić information content (AvgIpc) is 2.14. The van der Waals surface area contributed by atoms with Gasteiger partial charge >= 0.3 is 0 Å². The number of phenols is 1. The number of nitrogens with two attached hydrogens (primary N) is 1. The Morgan fingerprint density at radius 2 is 1.93 bits per heavy atom. The number of phenolic OH excluding ortho intramolecular Hbond substituents is 1. The van der Waals surface area contributed by atoms with Gasteiger partial charge in [0.25, 0.3) is 0 Å². The van der Waals surface area contributed by atoms with Gasteiger partial charge in [-0.25, -0.2) is 0 Å². The van der Waals surface area contributed by atoms with Gasteiger partial charge in [0, 0.05) is 0 Å². The van der Waals surface area contributed by atoms with Gasteiger partial charge in [-0.05, 0) is 56.0 Å². The second-order valence-corrected chi connectivity index (χ2v) is 4.55. The van der Waals surface area contributed by atoms with Gasteiger partial charge < -0.3 is 10.8 Å². The smallest absolute Gasteiger partial charge is 0.217 e. The normalized spacial score (nSPS) is 12.5. The molecule has 0 heterocycles. The summed E-state index contributed by atoms with van der Waals surface area (Å²) in [7, 11) is 0. The monoisotopic (exact) mass is 320 g/mol. The summed E-state index contributed by atoms with van der Waals surface area (Å²) in [6.07, 6.45) is 2.11. The summed E-state index contributed by atoms with van der Waals surface area (Å²) in [4.78, 5) is 10.2. The molecule has 1 radical (unpaired) electrons. The Morgan fingerprint density at radius 1 is 1.43 bits per heavy atom. The lowest BCUT2D eigenvalue weighted by molar-refractivity contribution is 0.468. The van der Waals surface area contributed by atoms with E-state index in [1.54, 1.807) is 18.4 Å². The Hall–Kier alpha value is -0.390. The summed E-state index contributed by atoms with van der Waals surface area (Å²) in [6.45, 7) is 0. The Bertz CT molecular complexity index is 332. The van der Waals surface area contributed by atoms with Gasteiger partial charge in [-0.3, -0.25) is 4.79 Å². The van der Waals surface area contributed by atoms with Crippen LogP contribution in [0.4, 0.5) is 0 Å². The molecule has 0 bridgehead atoms. The summed E-state index contributed by atoms with van der Waals surface area (Å²) in [5.41, 5.74) is 6.29. The van der Waals surface area contributed by atoms with Crippen molar-refractivity contribution in [2.24, 2.45) is 5.73 Å². The molecule has 14 heavy (non-hydrogen) atoms. The molecule has 0 aliphatic heterocycles. The van der Waals surface area contributed by atoms with Crippen LogP contribution in [-0.4, -0.2) is 17.4 Å². The van der Waals surface area contributed by atoms with E-state index in [0.717, 1.165) is 5.56 Å². The van der Waals surface area contributed by atoms with Gasteiger partial charge in [0.05, 0.1) is 15.0 Å². The number of carbonyl (C=O) groups excluding carboxylic acids is 1. The number of benzene rings is 1. The Labute approximate surface area is 98.6 Å². The van der Waals surface area contributed by atoms with E-state index in [2.05, 4.69) is 31.9 Å². The number of hydrogen-bond donors (Lipinski definition) is 2. The summed E-state index contributed by atoms with van der Waals surface area (Å²) in [5, 5.41) is 9.42. The predicted molar refractivity (Wildman–Crippen MR) is 60.9 cm³/mol. The first kappa shape index (κ1) is 11.7. The van der Waals surface area contributed by atoms with Crippen LogP contribution in [0.15, 0.2) is 21.1 Å². The first-order valence-corrected chi connectivity index (χ1v) is 5.43. The van der Waals surface area contributed by atoms with Gasteiger partial charge in [0.15, 0.2) is 0 Å². The predicted octanol–water partition coefficient (Wildman–Crippen LogP) is 1.90. The van der Waals surface area contributed by atoms with E-state index in [4.69, 9.17) is 5.73 Å². The molecule has 0 saturated carbocycles. The fraction of sp³-hybridized carbons (Fsp3) is 0.222. The Kier molecular flexibility index (Phi) is 4.10. The standard InChI is InChI=1S/C9H8Br2NO2/c10-7-2-5(1-6(12)4-13)3-8(11)9(7)14/h2-3,6,14H,1,12H2. The highest BCUT2D eigenvalue weighted by Gasteiger charge is 2.08. The van der Waals surface area contributed by atoms with E-state index in [1.165, 1.54) is 0 Å². The van der Waals surface area contributed by atoms with Gasteiger partial charge in [-0.2, -0.15) is 0 Å². The second-order valence-electron chi connectivity index (χ2n) is 2.84. The quantitative estimate of drug-likeness (QED) is 0.893.